The van der Waals surface area contributed by atoms with Crippen LogP contribution in [0.1, 0.15) is 29.6 Å². The Labute approximate surface area is 162 Å². The van der Waals surface area contributed by atoms with Gasteiger partial charge in [0.2, 0.25) is 0 Å². The molecule has 1 N–H and O–H groups in total. The number of nitrogens with zero attached hydrogens (tertiary/aromatic N) is 4. The first kappa shape index (κ1) is 17.5. The second-order valence-electron chi connectivity index (χ2n) is 6.54. The smallest absolute Gasteiger partial charge is 0.255 e. The van der Waals surface area contributed by atoms with Crippen LogP contribution in [-0.2, 0) is 0 Å². The van der Waals surface area contributed by atoms with E-state index < -0.39 is 0 Å². The minimum atomic E-state index is -0.208. The van der Waals surface area contributed by atoms with Crippen molar-refractivity contribution in [3.05, 3.63) is 65.8 Å². The molecule has 1 saturated heterocycles. The third kappa shape index (κ3) is 3.95. The van der Waals surface area contributed by atoms with Crippen LogP contribution in [0.25, 0.3) is 5.82 Å². The van der Waals surface area contributed by atoms with E-state index in [-0.39, 0.29) is 5.91 Å². The van der Waals surface area contributed by atoms with E-state index in [4.69, 9.17) is 11.6 Å². The van der Waals surface area contributed by atoms with Crippen LogP contribution >= 0.6 is 11.6 Å². The van der Waals surface area contributed by atoms with E-state index in [2.05, 4.69) is 20.2 Å². The Kier molecular flexibility index (Phi) is 5.07. The van der Waals surface area contributed by atoms with Gasteiger partial charge in [-0.25, -0.2) is 9.97 Å². The van der Waals surface area contributed by atoms with Crippen molar-refractivity contribution in [1.82, 2.24) is 14.5 Å². The van der Waals surface area contributed by atoms with Crippen molar-refractivity contribution < 1.29 is 4.79 Å². The largest absolute Gasteiger partial charge is 0.370 e. The number of aromatic nitrogens is 3. The Balaban J connectivity index is 1.50. The van der Waals surface area contributed by atoms with Crippen molar-refractivity contribution in [2.24, 2.45) is 0 Å². The normalized spacial score (nSPS) is 14.2. The summed E-state index contributed by atoms with van der Waals surface area (Å²) in [5, 5.41) is 3.56. The maximum atomic E-state index is 12.6. The molecule has 1 fully saturated rings. The molecule has 138 valence electrons. The van der Waals surface area contributed by atoms with E-state index in [0.717, 1.165) is 18.8 Å². The Bertz CT molecular complexity index is 935. The summed E-state index contributed by atoms with van der Waals surface area (Å²) in [5.41, 5.74) is 2.22. The number of hydrogen-bond acceptors (Lipinski definition) is 4. The fourth-order valence-corrected chi connectivity index (χ4v) is 3.57. The highest BCUT2D eigenvalue weighted by Crippen LogP contribution is 2.31. The summed E-state index contributed by atoms with van der Waals surface area (Å²) in [5.74, 6) is 0.430. The van der Waals surface area contributed by atoms with Crippen LogP contribution in [-0.4, -0.2) is 33.5 Å². The SMILES string of the molecule is O=C(Nc1ccc(N2CCCCC2)c(Cl)c1)c1ccnc(-n2ccnc2)c1. The van der Waals surface area contributed by atoms with Crippen LogP contribution in [0, 0.1) is 0 Å². The van der Waals surface area contributed by atoms with Crippen LogP contribution in [0.2, 0.25) is 5.02 Å². The lowest BCUT2D eigenvalue weighted by Gasteiger charge is -2.29. The average Bonchev–Trinajstić information content (AvgIpc) is 3.24. The number of piperidine rings is 1. The maximum absolute atomic E-state index is 12.6. The predicted octanol–water partition coefficient (Wildman–Crippen LogP) is 4.16. The molecule has 0 aliphatic carbocycles. The second-order valence-corrected chi connectivity index (χ2v) is 6.95. The van der Waals surface area contributed by atoms with Crippen LogP contribution in [0.3, 0.4) is 0 Å². The molecule has 1 aliphatic heterocycles. The quantitative estimate of drug-likeness (QED) is 0.737. The lowest BCUT2D eigenvalue weighted by Crippen LogP contribution is -2.29. The van der Waals surface area contributed by atoms with Crippen molar-refractivity contribution in [3.8, 4) is 5.82 Å². The molecule has 27 heavy (non-hydrogen) atoms. The van der Waals surface area contributed by atoms with Crippen molar-refractivity contribution >= 4 is 28.9 Å². The molecule has 0 saturated carbocycles. The summed E-state index contributed by atoms with van der Waals surface area (Å²) < 4.78 is 1.75. The number of carbonyl (C=O) groups excluding carboxylic acids is 1. The van der Waals surface area contributed by atoms with Gasteiger partial charge in [-0.1, -0.05) is 11.6 Å². The highest BCUT2D eigenvalue weighted by atomic mass is 35.5. The van der Waals surface area contributed by atoms with Gasteiger partial charge in [-0.15, -0.1) is 0 Å². The number of amides is 1. The second kappa shape index (κ2) is 7.80. The van der Waals surface area contributed by atoms with E-state index in [1.165, 1.54) is 19.3 Å². The average molecular weight is 382 g/mol. The zero-order valence-corrected chi connectivity index (χ0v) is 15.6. The monoisotopic (exact) mass is 381 g/mol. The van der Waals surface area contributed by atoms with Crippen molar-refractivity contribution in [3.63, 3.8) is 0 Å². The third-order valence-corrected chi connectivity index (χ3v) is 4.98. The van der Waals surface area contributed by atoms with Crippen molar-refractivity contribution in [2.75, 3.05) is 23.3 Å². The van der Waals surface area contributed by atoms with Gasteiger partial charge in [-0.2, -0.15) is 0 Å². The molecule has 0 radical (unpaired) electrons. The molecular formula is C20H20ClN5O. The standard InChI is InChI=1S/C20H20ClN5O/c21-17-13-16(4-5-18(17)25-9-2-1-3-10-25)24-20(27)15-6-7-23-19(12-15)26-11-8-22-14-26/h4-8,11-14H,1-3,9-10H2,(H,24,27). The lowest BCUT2D eigenvalue weighted by atomic mass is 10.1. The molecule has 0 atom stereocenters. The van der Waals surface area contributed by atoms with Gasteiger partial charge in [-0.05, 0) is 49.6 Å². The zero-order chi connectivity index (χ0) is 18.6. The van der Waals surface area contributed by atoms with E-state index in [1.54, 1.807) is 47.7 Å². The van der Waals surface area contributed by atoms with Gasteiger partial charge in [0.05, 0.1) is 10.7 Å². The Morgan fingerprint density at radius 3 is 2.67 bits per heavy atom. The number of nitrogens with one attached hydrogen (secondary N) is 1. The molecule has 0 bridgehead atoms. The van der Waals surface area contributed by atoms with Gasteiger partial charge >= 0.3 is 0 Å². The summed E-state index contributed by atoms with van der Waals surface area (Å²) in [6.45, 7) is 2.05. The number of carbonyl (C=O) groups is 1. The lowest BCUT2D eigenvalue weighted by molar-refractivity contribution is 0.102. The van der Waals surface area contributed by atoms with Crippen LogP contribution in [0.4, 0.5) is 11.4 Å². The fraction of sp³-hybridized carbons (Fsp3) is 0.250. The van der Waals surface area contributed by atoms with Crippen molar-refractivity contribution in [1.29, 1.82) is 0 Å². The summed E-state index contributed by atoms with van der Waals surface area (Å²) in [4.78, 5) is 23.2. The molecule has 3 heterocycles. The number of halogens is 1. The zero-order valence-electron chi connectivity index (χ0n) is 14.8. The Morgan fingerprint density at radius 2 is 1.93 bits per heavy atom. The molecule has 1 amide bonds. The summed E-state index contributed by atoms with van der Waals surface area (Å²) >= 11 is 6.47. The van der Waals surface area contributed by atoms with Gasteiger partial charge in [0.1, 0.15) is 12.1 Å². The van der Waals surface area contributed by atoms with Crippen LogP contribution < -0.4 is 10.2 Å². The number of pyridine rings is 1. The number of imidazole rings is 1. The predicted molar refractivity (Wildman–Crippen MR) is 107 cm³/mol. The van der Waals surface area contributed by atoms with E-state index in [1.807, 2.05) is 12.1 Å². The van der Waals surface area contributed by atoms with Gasteiger partial charge in [0, 0.05) is 42.9 Å². The van der Waals surface area contributed by atoms with Crippen LogP contribution in [0.15, 0.2) is 55.2 Å². The molecule has 1 aromatic carbocycles. The minimum Gasteiger partial charge on any atom is -0.370 e. The molecule has 0 unspecified atom stereocenters. The summed E-state index contributed by atoms with van der Waals surface area (Å²) in [6, 6.07) is 9.08. The van der Waals surface area contributed by atoms with Gasteiger partial charge in [-0.3, -0.25) is 9.36 Å². The molecule has 6 nitrogen and oxygen atoms in total. The maximum Gasteiger partial charge on any atom is 0.255 e. The first-order valence-electron chi connectivity index (χ1n) is 9.01. The first-order chi connectivity index (χ1) is 13.2. The third-order valence-electron chi connectivity index (χ3n) is 4.68. The highest BCUT2D eigenvalue weighted by molar-refractivity contribution is 6.33. The van der Waals surface area contributed by atoms with E-state index in [0.29, 0.717) is 22.1 Å². The number of benzene rings is 1. The Morgan fingerprint density at radius 1 is 1.07 bits per heavy atom. The molecule has 4 rings (SSSR count). The minimum absolute atomic E-state index is 0.208. The van der Waals surface area contributed by atoms with Crippen molar-refractivity contribution in [2.45, 2.75) is 19.3 Å². The molecular weight excluding hydrogens is 362 g/mol. The Hall–Kier alpha value is -2.86. The van der Waals surface area contributed by atoms with E-state index >= 15 is 0 Å². The molecule has 2 aromatic heterocycles. The molecule has 0 spiro atoms. The first-order valence-corrected chi connectivity index (χ1v) is 9.39. The van der Waals surface area contributed by atoms with Crippen LogP contribution in [0.5, 0.6) is 0 Å². The summed E-state index contributed by atoms with van der Waals surface area (Å²) in [6.07, 6.45) is 10.4. The highest BCUT2D eigenvalue weighted by Gasteiger charge is 2.15. The van der Waals surface area contributed by atoms with Gasteiger partial charge in [0.15, 0.2) is 0 Å². The number of rotatable bonds is 4. The molecule has 7 heteroatoms. The fourth-order valence-electron chi connectivity index (χ4n) is 3.27. The summed E-state index contributed by atoms with van der Waals surface area (Å²) in [7, 11) is 0. The van der Waals surface area contributed by atoms with Gasteiger partial charge in [0.25, 0.3) is 5.91 Å². The number of hydrogen-bond donors (Lipinski definition) is 1. The van der Waals surface area contributed by atoms with Gasteiger partial charge < -0.3 is 10.2 Å². The topological polar surface area (TPSA) is 63.1 Å². The molecule has 3 aromatic rings. The van der Waals surface area contributed by atoms with E-state index in [9.17, 15) is 4.79 Å². The number of anilines is 2. The molecule has 1 aliphatic rings.